The van der Waals surface area contributed by atoms with Crippen molar-refractivity contribution in [1.82, 2.24) is 19.7 Å². The quantitative estimate of drug-likeness (QED) is 0.358. The third-order valence-electron chi connectivity index (χ3n) is 4.85. The van der Waals surface area contributed by atoms with Gasteiger partial charge < -0.3 is 24.0 Å². The van der Waals surface area contributed by atoms with E-state index in [-0.39, 0.29) is 12.6 Å². The molecule has 3 aromatic heterocycles. The minimum absolute atomic E-state index is 0.0183. The first-order valence-electron chi connectivity index (χ1n) is 9.83. The predicted molar refractivity (Wildman–Crippen MR) is 114 cm³/mol. The molecule has 0 aliphatic heterocycles. The molecule has 0 unspecified atom stereocenters. The smallest absolute Gasteiger partial charge is 0.345 e. The van der Waals surface area contributed by atoms with Gasteiger partial charge >= 0.3 is 5.63 Å². The Balaban J connectivity index is 1.60. The van der Waals surface area contributed by atoms with Crippen LogP contribution in [0.25, 0.3) is 27.9 Å². The topological polar surface area (TPSA) is 102 Å². The number of aliphatic hydroxyl groups excluding tert-OH is 1. The van der Waals surface area contributed by atoms with Gasteiger partial charge in [-0.25, -0.2) is 9.78 Å². The number of ether oxygens (including phenoxy) is 1. The van der Waals surface area contributed by atoms with Gasteiger partial charge in [0, 0.05) is 36.4 Å². The van der Waals surface area contributed by atoms with Crippen molar-refractivity contribution in [2.45, 2.75) is 26.8 Å². The molecule has 4 aromatic rings. The average molecular weight is 408 g/mol. The number of benzene rings is 1. The van der Waals surface area contributed by atoms with Crippen LogP contribution in [0.15, 0.2) is 45.9 Å². The van der Waals surface area contributed by atoms with Crippen LogP contribution in [0.4, 0.5) is 0 Å². The van der Waals surface area contributed by atoms with Crippen LogP contribution in [0.2, 0.25) is 0 Å². The fraction of sp³-hybridized carbons (Fsp3) is 0.318. The molecule has 0 spiro atoms. The molecule has 0 aliphatic rings. The fourth-order valence-electron chi connectivity index (χ4n) is 3.33. The molecule has 1 aromatic carbocycles. The number of hydrogen-bond donors (Lipinski definition) is 2. The van der Waals surface area contributed by atoms with Gasteiger partial charge in [-0.05, 0) is 39.0 Å². The zero-order chi connectivity index (χ0) is 21.3. The maximum Gasteiger partial charge on any atom is 0.345 e. The second kappa shape index (κ2) is 8.25. The molecule has 0 fully saturated rings. The molecule has 8 heteroatoms. The van der Waals surface area contributed by atoms with Crippen LogP contribution in [0.3, 0.4) is 0 Å². The first kappa shape index (κ1) is 20.1. The molecule has 4 rings (SSSR count). The maximum absolute atomic E-state index is 12.6. The van der Waals surface area contributed by atoms with Gasteiger partial charge in [-0.1, -0.05) is 0 Å². The molecule has 0 aliphatic carbocycles. The third-order valence-corrected chi connectivity index (χ3v) is 4.85. The molecule has 8 nitrogen and oxygen atoms in total. The summed E-state index contributed by atoms with van der Waals surface area (Å²) in [6.07, 6.45) is 3.69. The Kier molecular flexibility index (Phi) is 5.52. The lowest BCUT2D eigenvalue weighted by atomic mass is 10.1. The van der Waals surface area contributed by atoms with Crippen molar-refractivity contribution >= 4 is 16.6 Å². The zero-order valence-electron chi connectivity index (χ0n) is 17.2. The first-order valence-corrected chi connectivity index (χ1v) is 9.83. The van der Waals surface area contributed by atoms with Crippen LogP contribution in [0.5, 0.6) is 5.75 Å². The summed E-state index contributed by atoms with van der Waals surface area (Å²) in [5, 5.41) is 12.9. The van der Waals surface area contributed by atoms with E-state index >= 15 is 0 Å². The van der Waals surface area contributed by atoms with E-state index < -0.39 is 5.63 Å². The van der Waals surface area contributed by atoms with E-state index in [1.54, 1.807) is 12.1 Å². The number of aliphatic hydroxyl groups is 1. The van der Waals surface area contributed by atoms with Crippen LogP contribution in [0, 0.1) is 13.8 Å². The van der Waals surface area contributed by atoms with Crippen LogP contribution < -0.4 is 15.7 Å². The van der Waals surface area contributed by atoms with E-state index in [2.05, 4.69) is 15.3 Å². The van der Waals surface area contributed by atoms with Gasteiger partial charge in [0.2, 0.25) is 0 Å². The minimum atomic E-state index is -0.455. The van der Waals surface area contributed by atoms with Crippen LogP contribution >= 0.6 is 0 Å². The summed E-state index contributed by atoms with van der Waals surface area (Å²) in [7, 11) is 0. The molecule has 0 saturated heterocycles. The predicted octanol–water partition coefficient (Wildman–Crippen LogP) is 2.47. The Bertz CT molecular complexity index is 1260. The highest BCUT2D eigenvalue weighted by molar-refractivity contribution is 5.82. The average Bonchev–Trinajstić information content (AvgIpc) is 3.14. The normalized spacial score (nSPS) is 12.5. The Morgan fingerprint density at radius 3 is 2.87 bits per heavy atom. The van der Waals surface area contributed by atoms with Crippen molar-refractivity contribution in [2.75, 3.05) is 19.8 Å². The molecule has 156 valence electrons. The summed E-state index contributed by atoms with van der Waals surface area (Å²) in [6, 6.07) is 7.20. The number of aromatic nitrogens is 3. The Hall–Kier alpha value is -3.23. The zero-order valence-corrected chi connectivity index (χ0v) is 17.2. The van der Waals surface area contributed by atoms with Crippen molar-refractivity contribution < 1.29 is 14.3 Å². The second-order valence-electron chi connectivity index (χ2n) is 7.36. The lowest BCUT2D eigenvalue weighted by molar-refractivity contribution is 0.239. The summed E-state index contributed by atoms with van der Waals surface area (Å²) in [5.74, 6) is 0.613. The summed E-state index contributed by atoms with van der Waals surface area (Å²) in [6.45, 7) is 6.81. The molecule has 0 bridgehead atoms. The molecule has 0 saturated carbocycles. The third kappa shape index (κ3) is 4.05. The number of nitrogens with zero attached hydrogens (tertiary/aromatic N) is 3. The highest BCUT2D eigenvalue weighted by Crippen LogP contribution is 2.25. The van der Waals surface area contributed by atoms with E-state index in [1.807, 2.05) is 49.7 Å². The highest BCUT2D eigenvalue weighted by Gasteiger charge is 2.14. The molecule has 0 amide bonds. The largest absolute Gasteiger partial charge is 0.492 e. The molecule has 30 heavy (non-hydrogen) atoms. The monoisotopic (exact) mass is 408 g/mol. The molecule has 2 N–H and O–H groups in total. The summed E-state index contributed by atoms with van der Waals surface area (Å²) in [5.41, 5.74) is 3.34. The van der Waals surface area contributed by atoms with E-state index in [0.29, 0.717) is 41.4 Å². The van der Waals surface area contributed by atoms with Gasteiger partial charge in [-0.3, -0.25) is 4.98 Å². The number of rotatable bonds is 7. The van der Waals surface area contributed by atoms with Crippen molar-refractivity contribution in [1.29, 1.82) is 0 Å². The minimum Gasteiger partial charge on any atom is -0.492 e. The Labute approximate surface area is 173 Å². The summed E-state index contributed by atoms with van der Waals surface area (Å²) in [4.78, 5) is 21.6. The van der Waals surface area contributed by atoms with E-state index in [9.17, 15) is 4.79 Å². The van der Waals surface area contributed by atoms with Crippen molar-refractivity contribution in [2.24, 2.45) is 0 Å². The Morgan fingerprint density at radius 1 is 1.23 bits per heavy atom. The van der Waals surface area contributed by atoms with Crippen LogP contribution in [-0.4, -0.2) is 45.3 Å². The summed E-state index contributed by atoms with van der Waals surface area (Å²) >= 11 is 0. The number of hydrogen-bond acceptors (Lipinski definition) is 7. The number of fused-ring (bicyclic) bond motifs is 2. The molecule has 1 atom stereocenters. The lowest BCUT2D eigenvalue weighted by Crippen LogP contribution is -2.32. The molecule has 3 heterocycles. The van der Waals surface area contributed by atoms with Gasteiger partial charge in [0.15, 0.2) is 5.65 Å². The van der Waals surface area contributed by atoms with Crippen molar-refractivity contribution in [3.8, 4) is 17.0 Å². The van der Waals surface area contributed by atoms with Gasteiger partial charge in [0.1, 0.15) is 17.9 Å². The maximum atomic E-state index is 12.6. The summed E-state index contributed by atoms with van der Waals surface area (Å²) < 4.78 is 13.1. The molecular weight excluding hydrogens is 384 g/mol. The fourth-order valence-corrected chi connectivity index (χ4v) is 3.33. The number of nitrogens with one attached hydrogen (secondary N) is 1. The highest BCUT2D eigenvalue weighted by atomic mass is 16.5. The number of aryl methyl sites for hydroxylation is 2. The second-order valence-corrected chi connectivity index (χ2v) is 7.36. The van der Waals surface area contributed by atoms with Gasteiger partial charge in [0.25, 0.3) is 0 Å². The van der Waals surface area contributed by atoms with Gasteiger partial charge in [0.05, 0.1) is 29.3 Å². The standard InChI is InChI=1S/C22H24N4O4/c1-13-10-26-11-19(25-21(26)15(3)24-13)18-8-16-4-5-17(9-20(16)30-22(18)28)29-7-6-23-14(2)12-27/h4-5,8-11,14,23,27H,6-7,12H2,1-3H3/t14-/m0/s1. The number of imidazole rings is 1. The van der Waals surface area contributed by atoms with Crippen LogP contribution in [-0.2, 0) is 0 Å². The van der Waals surface area contributed by atoms with Crippen LogP contribution in [0.1, 0.15) is 18.3 Å². The molecular formula is C22H24N4O4. The van der Waals surface area contributed by atoms with Gasteiger partial charge in [-0.15, -0.1) is 0 Å². The first-order chi connectivity index (χ1) is 14.4. The van der Waals surface area contributed by atoms with E-state index in [0.717, 1.165) is 16.8 Å². The Morgan fingerprint density at radius 2 is 2.07 bits per heavy atom. The SMILES string of the molecule is Cc1cn2cc(-c3cc4ccc(OCCN[C@@H](C)CO)cc4oc3=O)nc2c(C)n1. The van der Waals surface area contributed by atoms with Gasteiger partial charge in [-0.2, -0.15) is 0 Å². The molecule has 0 radical (unpaired) electrons. The van der Waals surface area contributed by atoms with E-state index in [1.165, 1.54) is 0 Å². The van der Waals surface area contributed by atoms with E-state index in [4.69, 9.17) is 14.3 Å². The lowest BCUT2D eigenvalue weighted by Gasteiger charge is -2.11. The van der Waals surface area contributed by atoms with Crippen molar-refractivity contribution in [3.63, 3.8) is 0 Å². The van der Waals surface area contributed by atoms with Crippen molar-refractivity contribution in [3.05, 3.63) is 58.5 Å².